The topological polar surface area (TPSA) is 34.1 Å². The standard InChI is InChI=1S/C22H30O2/c1-13-6-5-7-17(10-13)11-18-12-19(23)21(22(18)24)20-15(3)8-14(2)9-16(20)4/h8-9,13,17-18,21H,5-7,10-12H2,1-4H3. The van der Waals surface area contributed by atoms with Crippen LogP contribution in [0.15, 0.2) is 12.1 Å². The molecule has 130 valence electrons. The van der Waals surface area contributed by atoms with Gasteiger partial charge in [-0.3, -0.25) is 9.59 Å². The maximum atomic E-state index is 13.0. The lowest BCUT2D eigenvalue weighted by Gasteiger charge is -2.28. The summed E-state index contributed by atoms with van der Waals surface area (Å²) in [6.07, 6.45) is 6.44. The molecule has 4 atom stereocenters. The van der Waals surface area contributed by atoms with Crippen molar-refractivity contribution in [3.8, 4) is 0 Å². The zero-order valence-corrected chi connectivity index (χ0v) is 15.5. The molecule has 0 amide bonds. The molecule has 0 saturated heterocycles. The van der Waals surface area contributed by atoms with E-state index in [9.17, 15) is 9.59 Å². The molecule has 2 aliphatic rings. The summed E-state index contributed by atoms with van der Waals surface area (Å²) in [5, 5.41) is 0. The molecule has 2 aliphatic carbocycles. The molecule has 1 aromatic carbocycles. The van der Waals surface area contributed by atoms with E-state index in [1.54, 1.807) is 0 Å². The van der Waals surface area contributed by atoms with E-state index in [0.29, 0.717) is 12.3 Å². The molecular weight excluding hydrogens is 296 g/mol. The molecule has 2 nitrogen and oxygen atoms in total. The van der Waals surface area contributed by atoms with Crippen LogP contribution in [0.2, 0.25) is 0 Å². The van der Waals surface area contributed by atoms with Gasteiger partial charge in [-0.2, -0.15) is 0 Å². The van der Waals surface area contributed by atoms with Crippen LogP contribution in [-0.4, -0.2) is 11.6 Å². The SMILES string of the molecule is Cc1cc(C)c(C2C(=O)CC(CC3CCCC(C)C3)C2=O)c(C)c1. The largest absolute Gasteiger partial charge is 0.298 e. The first-order valence-corrected chi connectivity index (χ1v) is 9.51. The quantitative estimate of drug-likeness (QED) is 0.727. The zero-order valence-electron chi connectivity index (χ0n) is 15.5. The van der Waals surface area contributed by atoms with Crippen molar-refractivity contribution in [3.63, 3.8) is 0 Å². The van der Waals surface area contributed by atoms with Gasteiger partial charge in [0.15, 0.2) is 5.78 Å². The van der Waals surface area contributed by atoms with Crippen molar-refractivity contribution >= 4 is 11.6 Å². The number of carbonyl (C=O) groups is 2. The summed E-state index contributed by atoms with van der Waals surface area (Å²) >= 11 is 0. The minimum Gasteiger partial charge on any atom is -0.298 e. The van der Waals surface area contributed by atoms with Gasteiger partial charge in [0, 0.05) is 12.3 Å². The van der Waals surface area contributed by atoms with Crippen LogP contribution in [0.3, 0.4) is 0 Å². The van der Waals surface area contributed by atoms with E-state index in [1.807, 2.05) is 13.8 Å². The summed E-state index contributed by atoms with van der Waals surface area (Å²) in [5.74, 6) is 1.19. The third kappa shape index (κ3) is 3.34. The lowest BCUT2D eigenvalue weighted by Crippen LogP contribution is -2.21. The molecule has 0 heterocycles. The second-order valence-corrected chi connectivity index (χ2v) is 8.39. The number of carbonyl (C=O) groups excluding carboxylic acids is 2. The normalized spacial score (nSPS) is 30.8. The lowest BCUT2D eigenvalue weighted by molar-refractivity contribution is -0.125. The number of Topliss-reactive ketones (excluding diaryl/α,β-unsaturated/α-hetero) is 2. The van der Waals surface area contributed by atoms with E-state index in [-0.39, 0.29) is 17.5 Å². The highest BCUT2D eigenvalue weighted by Crippen LogP contribution is 2.41. The minimum atomic E-state index is -0.503. The maximum absolute atomic E-state index is 13.0. The molecule has 0 aromatic heterocycles. The number of ketones is 2. The van der Waals surface area contributed by atoms with Crippen LogP contribution in [0.5, 0.6) is 0 Å². The Morgan fingerprint density at radius 1 is 1.04 bits per heavy atom. The third-order valence-electron chi connectivity index (χ3n) is 6.15. The van der Waals surface area contributed by atoms with E-state index < -0.39 is 5.92 Å². The summed E-state index contributed by atoms with van der Waals surface area (Å²) in [5.41, 5.74) is 4.35. The molecule has 0 aliphatic heterocycles. The van der Waals surface area contributed by atoms with E-state index in [1.165, 1.54) is 31.2 Å². The molecule has 4 unspecified atom stereocenters. The predicted octanol–water partition coefficient (Wildman–Crippen LogP) is 5.07. The Balaban J connectivity index is 1.80. The average Bonchev–Trinajstić information content (AvgIpc) is 2.74. The highest BCUT2D eigenvalue weighted by atomic mass is 16.2. The Kier molecular flexibility index (Phi) is 4.94. The Bertz CT molecular complexity index is 635. The molecule has 2 fully saturated rings. The van der Waals surface area contributed by atoms with E-state index in [0.717, 1.165) is 29.0 Å². The van der Waals surface area contributed by atoms with Gasteiger partial charge in [-0.15, -0.1) is 0 Å². The van der Waals surface area contributed by atoms with Gasteiger partial charge >= 0.3 is 0 Å². The van der Waals surface area contributed by atoms with Gasteiger partial charge in [-0.05, 0) is 62.1 Å². The molecule has 1 aromatic rings. The van der Waals surface area contributed by atoms with Crippen LogP contribution in [0.25, 0.3) is 0 Å². The van der Waals surface area contributed by atoms with Gasteiger partial charge in [0.2, 0.25) is 0 Å². The number of rotatable bonds is 3. The first kappa shape index (κ1) is 17.4. The van der Waals surface area contributed by atoms with Gasteiger partial charge < -0.3 is 0 Å². The fourth-order valence-corrected chi connectivity index (χ4v) is 5.18. The van der Waals surface area contributed by atoms with Crippen molar-refractivity contribution in [2.45, 2.75) is 72.1 Å². The smallest absolute Gasteiger partial charge is 0.151 e. The molecule has 3 rings (SSSR count). The van der Waals surface area contributed by atoms with Crippen molar-refractivity contribution in [1.29, 1.82) is 0 Å². The predicted molar refractivity (Wildman–Crippen MR) is 97.3 cm³/mol. The fraction of sp³-hybridized carbons (Fsp3) is 0.636. The summed E-state index contributed by atoms with van der Waals surface area (Å²) in [6, 6.07) is 4.19. The first-order chi connectivity index (χ1) is 11.4. The maximum Gasteiger partial charge on any atom is 0.151 e. The van der Waals surface area contributed by atoms with Crippen molar-refractivity contribution in [2.24, 2.45) is 17.8 Å². The van der Waals surface area contributed by atoms with Crippen LogP contribution in [0.4, 0.5) is 0 Å². The first-order valence-electron chi connectivity index (χ1n) is 9.51. The monoisotopic (exact) mass is 326 g/mol. The van der Waals surface area contributed by atoms with Crippen LogP contribution >= 0.6 is 0 Å². The van der Waals surface area contributed by atoms with E-state index >= 15 is 0 Å². The second kappa shape index (κ2) is 6.82. The summed E-state index contributed by atoms with van der Waals surface area (Å²) in [7, 11) is 0. The summed E-state index contributed by atoms with van der Waals surface area (Å²) in [6.45, 7) is 8.45. The van der Waals surface area contributed by atoms with Crippen LogP contribution < -0.4 is 0 Å². The van der Waals surface area contributed by atoms with Gasteiger partial charge in [0.25, 0.3) is 0 Å². The minimum absolute atomic E-state index is 0.0436. The van der Waals surface area contributed by atoms with Gasteiger partial charge in [0.1, 0.15) is 11.7 Å². The molecule has 0 spiro atoms. The van der Waals surface area contributed by atoms with Crippen LogP contribution in [-0.2, 0) is 9.59 Å². The molecule has 2 heteroatoms. The van der Waals surface area contributed by atoms with Gasteiger partial charge in [-0.25, -0.2) is 0 Å². The highest BCUT2D eigenvalue weighted by Gasteiger charge is 2.43. The molecule has 0 N–H and O–H groups in total. The third-order valence-corrected chi connectivity index (χ3v) is 6.15. The fourth-order valence-electron chi connectivity index (χ4n) is 5.18. The molecule has 24 heavy (non-hydrogen) atoms. The summed E-state index contributed by atoms with van der Waals surface area (Å²) in [4.78, 5) is 25.7. The highest BCUT2D eigenvalue weighted by molar-refractivity contribution is 6.14. The number of hydrogen-bond acceptors (Lipinski definition) is 2. The Hall–Kier alpha value is -1.44. The molecule has 0 radical (unpaired) electrons. The summed E-state index contributed by atoms with van der Waals surface area (Å²) < 4.78 is 0. The van der Waals surface area contributed by atoms with Crippen molar-refractivity contribution in [3.05, 3.63) is 34.4 Å². The molecular formula is C22H30O2. The molecule has 2 saturated carbocycles. The van der Waals surface area contributed by atoms with Crippen LogP contribution in [0.1, 0.15) is 73.6 Å². The zero-order chi connectivity index (χ0) is 17.4. The van der Waals surface area contributed by atoms with Crippen molar-refractivity contribution < 1.29 is 9.59 Å². The van der Waals surface area contributed by atoms with Crippen molar-refractivity contribution in [2.75, 3.05) is 0 Å². The van der Waals surface area contributed by atoms with E-state index in [4.69, 9.17) is 0 Å². The Morgan fingerprint density at radius 3 is 2.33 bits per heavy atom. The van der Waals surface area contributed by atoms with Crippen molar-refractivity contribution in [1.82, 2.24) is 0 Å². The van der Waals surface area contributed by atoms with Gasteiger partial charge in [-0.1, -0.05) is 43.9 Å². The Labute approximate surface area is 146 Å². The number of benzene rings is 1. The van der Waals surface area contributed by atoms with Crippen LogP contribution in [0, 0.1) is 38.5 Å². The van der Waals surface area contributed by atoms with Gasteiger partial charge in [0.05, 0.1) is 0 Å². The second-order valence-electron chi connectivity index (χ2n) is 8.39. The number of hydrogen-bond donors (Lipinski definition) is 0. The Morgan fingerprint density at radius 2 is 1.71 bits per heavy atom. The average molecular weight is 326 g/mol. The number of aryl methyl sites for hydroxylation is 3. The lowest BCUT2D eigenvalue weighted by atomic mass is 9.77. The van der Waals surface area contributed by atoms with E-state index in [2.05, 4.69) is 26.0 Å². The molecule has 0 bridgehead atoms.